The minimum Gasteiger partial charge on any atom is -0.331 e. The molecule has 0 bridgehead atoms. The normalized spacial score (nSPS) is 17.0. The number of halogens is 1. The van der Waals surface area contributed by atoms with Crippen molar-refractivity contribution in [2.45, 2.75) is 25.3 Å². The fourth-order valence-electron chi connectivity index (χ4n) is 4.01. The van der Waals surface area contributed by atoms with E-state index >= 15 is 0 Å². The van der Waals surface area contributed by atoms with Crippen molar-refractivity contribution in [3.8, 4) is 16.8 Å². The van der Waals surface area contributed by atoms with E-state index < -0.39 is 0 Å². The Hall–Kier alpha value is -2.40. The van der Waals surface area contributed by atoms with Crippen LogP contribution in [0.2, 0.25) is 0 Å². The van der Waals surface area contributed by atoms with Crippen LogP contribution in [0.15, 0.2) is 53.3 Å². The van der Waals surface area contributed by atoms with Crippen LogP contribution >= 0.6 is 15.9 Å². The summed E-state index contributed by atoms with van der Waals surface area (Å²) in [7, 11) is 1.92. The second-order valence-electron chi connectivity index (χ2n) is 7.23. The lowest BCUT2D eigenvalue weighted by atomic mass is 9.97. The zero-order valence-electron chi connectivity index (χ0n) is 14.7. The summed E-state index contributed by atoms with van der Waals surface area (Å²) in [5.74, 6) is 0.0722. The fraction of sp³-hybridized carbons (Fsp3) is 0.238. The van der Waals surface area contributed by atoms with Gasteiger partial charge in [0.15, 0.2) is 0 Å². The number of amides is 1. The van der Waals surface area contributed by atoms with Gasteiger partial charge in [0.05, 0.1) is 11.2 Å². The van der Waals surface area contributed by atoms with E-state index in [2.05, 4.69) is 45.2 Å². The maximum absolute atomic E-state index is 13.0. The Labute approximate surface area is 160 Å². The first-order valence-corrected chi connectivity index (χ1v) is 9.53. The van der Waals surface area contributed by atoms with E-state index in [9.17, 15) is 4.79 Å². The highest BCUT2D eigenvalue weighted by Crippen LogP contribution is 2.54. The Kier molecular flexibility index (Phi) is 3.23. The SMILES string of the molecule is Cc1ccc(-c2ccc3c(c2)-n2cc(Br)cc2C(=O)N(C)C32CC2)cn1. The quantitative estimate of drug-likeness (QED) is 0.586. The zero-order chi connectivity index (χ0) is 18.1. The molecule has 1 spiro atoms. The summed E-state index contributed by atoms with van der Waals surface area (Å²) in [6.07, 6.45) is 5.92. The van der Waals surface area contributed by atoms with Crippen molar-refractivity contribution in [2.24, 2.45) is 0 Å². The van der Waals surface area contributed by atoms with E-state index in [0.29, 0.717) is 5.69 Å². The summed E-state index contributed by atoms with van der Waals surface area (Å²) in [6, 6.07) is 12.5. The van der Waals surface area contributed by atoms with Gasteiger partial charge in [0.25, 0.3) is 5.91 Å². The van der Waals surface area contributed by atoms with Gasteiger partial charge in [0.1, 0.15) is 5.69 Å². The van der Waals surface area contributed by atoms with Crippen LogP contribution < -0.4 is 0 Å². The Balaban J connectivity index is 1.77. The van der Waals surface area contributed by atoms with Gasteiger partial charge in [0.2, 0.25) is 0 Å². The number of aromatic nitrogens is 2. The molecule has 2 aliphatic rings. The van der Waals surface area contributed by atoms with Gasteiger partial charge in [-0.2, -0.15) is 0 Å². The number of carbonyl (C=O) groups excluding carboxylic acids is 1. The zero-order valence-corrected chi connectivity index (χ0v) is 16.2. The average Bonchev–Trinajstić information content (AvgIpc) is 3.37. The molecule has 0 unspecified atom stereocenters. The largest absolute Gasteiger partial charge is 0.331 e. The highest BCUT2D eigenvalue weighted by molar-refractivity contribution is 9.10. The van der Waals surface area contributed by atoms with Crippen molar-refractivity contribution in [2.75, 3.05) is 7.05 Å². The summed E-state index contributed by atoms with van der Waals surface area (Å²) in [6.45, 7) is 1.99. The van der Waals surface area contributed by atoms with Gasteiger partial charge in [-0.05, 0) is 59.5 Å². The molecule has 0 radical (unpaired) electrons. The third kappa shape index (κ3) is 2.13. The highest BCUT2D eigenvalue weighted by Gasteiger charge is 2.53. The van der Waals surface area contributed by atoms with Crippen LogP contribution in [0.25, 0.3) is 16.8 Å². The first-order valence-electron chi connectivity index (χ1n) is 8.74. The van der Waals surface area contributed by atoms with Gasteiger partial charge < -0.3 is 9.47 Å². The summed E-state index contributed by atoms with van der Waals surface area (Å²) in [5, 5.41) is 0. The number of carbonyl (C=O) groups is 1. The molecule has 1 aliphatic carbocycles. The molecule has 4 nitrogen and oxygen atoms in total. The molecule has 2 aromatic heterocycles. The van der Waals surface area contributed by atoms with Gasteiger partial charge in [-0.1, -0.05) is 18.2 Å². The van der Waals surface area contributed by atoms with Crippen LogP contribution in [0, 0.1) is 6.92 Å². The van der Waals surface area contributed by atoms with E-state index in [1.165, 1.54) is 5.56 Å². The monoisotopic (exact) mass is 407 g/mol. The lowest BCUT2D eigenvalue weighted by Gasteiger charge is -2.27. The standard InChI is InChI=1S/C21H18BrN3O/c1-13-3-4-15(11-23-13)14-5-6-17-18(9-14)25-12-16(22)10-19(25)20(26)24(2)21(17)7-8-21/h3-6,9-12H,7-8H2,1-2H3. The Bertz CT molecular complexity index is 1050. The average molecular weight is 408 g/mol. The van der Waals surface area contributed by atoms with E-state index in [0.717, 1.165) is 39.8 Å². The van der Waals surface area contributed by atoms with Crippen LogP contribution in [0.5, 0.6) is 0 Å². The van der Waals surface area contributed by atoms with Gasteiger partial charge in [-0.15, -0.1) is 0 Å². The number of hydrogen-bond acceptors (Lipinski definition) is 2. The Morgan fingerprint density at radius 3 is 2.58 bits per heavy atom. The molecule has 3 heterocycles. The molecule has 1 amide bonds. The van der Waals surface area contributed by atoms with E-state index in [-0.39, 0.29) is 11.4 Å². The molecule has 3 aromatic rings. The molecule has 1 aromatic carbocycles. The van der Waals surface area contributed by atoms with Crippen molar-refractivity contribution < 1.29 is 4.79 Å². The maximum atomic E-state index is 13.0. The van der Waals surface area contributed by atoms with Crippen LogP contribution in [0.4, 0.5) is 0 Å². The summed E-state index contributed by atoms with van der Waals surface area (Å²) in [4.78, 5) is 19.4. The summed E-state index contributed by atoms with van der Waals surface area (Å²) in [5.41, 5.74) is 6.03. The van der Waals surface area contributed by atoms with E-state index in [4.69, 9.17) is 0 Å². The molecule has 1 saturated carbocycles. The summed E-state index contributed by atoms with van der Waals surface area (Å²) < 4.78 is 2.94. The van der Waals surface area contributed by atoms with Crippen molar-refractivity contribution in [1.29, 1.82) is 0 Å². The topological polar surface area (TPSA) is 38.1 Å². The first-order chi connectivity index (χ1) is 12.5. The number of rotatable bonds is 1. The van der Waals surface area contributed by atoms with Gasteiger partial charge >= 0.3 is 0 Å². The fourth-order valence-corrected chi connectivity index (χ4v) is 4.43. The van der Waals surface area contributed by atoms with E-state index in [1.807, 2.05) is 48.0 Å². The number of pyridine rings is 1. The van der Waals surface area contributed by atoms with Crippen LogP contribution in [-0.2, 0) is 5.54 Å². The predicted molar refractivity (Wildman–Crippen MR) is 104 cm³/mol. The number of nitrogens with zero attached hydrogens (tertiary/aromatic N) is 3. The second-order valence-corrected chi connectivity index (χ2v) is 8.15. The highest BCUT2D eigenvalue weighted by atomic mass is 79.9. The van der Waals surface area contributed by atoms with Crippen molar-refractivity contribution in [3.63, 3.8) is 0 Å². The molecule has 130 valence electrons. The van der Waals surface area contributed by atoms with Crippen molar-refractivity contribution >= 4 is 21.8 Å². The summed E-state index contributed by atoms with van der Waals surface area (Å²) >= 11 is 3.53. The molecular formula is C21H18BrN3O. The number of hydrogen-bond donors (Lipinski definition) is 0. The lowest BCUT2D eigenvalue weighted by Crippen LogP contribution is -2.36. The van der Waals surface area contributed by atoms with Crippen molar-refractivity contribution in [3.05, 3.63) is 70.2 Å². The molecule has 26 heavy (non-hydrogen) atoms. The van der Waals surface area contributed by atoms with Gasteiger partial charge in [-0.25, -0.2) is 0 Å². The van der Waals surface area contributed by atoms with Crippen LogP contribution in [-0.4, -0.2) is 27.4 Å². The predicted octanol–water partition coefficient (Wildman–Crippen LogP) is 4.68. The number of aryl methyl sites for hydroxylation is 1. The Morgan fingerprint density at radius 2 is 1.88 bits per heavy atom. The number of fused-ring (bicyclic) bond motifs is 4. The molecule has 1 fully saturated rings. The lowest BCUT2D eigenvalue weighted by molar-refractivity contribution is 0.0705. The first kappa shape index (κ1) is 15.8. The molecular weight excluding hydrogens is 390 g/mol. The molecule has 0 N–H and O–H groups in total. The molecule has 5 rings (SSSR count). The molecule has 0 atom stereocenters. The third-order valence-corrected chi connectivity index (χ3v) is 6.11. The van der Waals surface area contributed by atoms with Gasteiger partial charge in [-0.3, -0.25) is 9.78 Å². The number of benzene rings is 1. The smallest absolute Gasteiger partial charge is 0.271 e. The molecule has 1 aliphatic heterocycles. The van der Waals surface area contributed by atoms with E-state index in [1.54, 1.807) is 0 Å². The van der Waals surface area contributed by atoms with Crippen LogP contribution in [0.1, 0.15) is 34.6 Å². The van der Waals surface area contributed by atoms with Crippen LogP contribution in [0.3, 0.4) is 0 Å². The minimum absolute atomic E-state index is 0.0722. The van der Waals surface area contributed by atoms with Crippen molar-refractivity contribution in [1.82, 2.24) is 14.5 Å². The maximum Gasteiger partial charge on any atom is 0.271 e. The Morgan fingerprint density at radius 1 is 1.12 bits per heavy atom. The molecule has 5 heteroatoms. The van der Waals surface area contributed by atoms with Gasteiger partial charge in [0, 0.05) is 40.7 Å². The minimum atomic E-state index is -0.165. The third-order valence-electron chi connectivity index (χ3n) is 5.68. The molecule has 0 saturated heterocycles. The second kappa shape index (κ2) is 5.30.